The van der Waals surface area contributed by atoms with Crippen LogP contribution in [0.2, 0.25) is 0 Å². The highest BCUT2D eigenvalue weighted by molar-refractivity contribution is 7.15. The summed E-state index contributed by atoms with van der Waals surface area (Å²) in [5, 5.41) is 5.79. The molecule has 0 saturated carbocycles. The predicted octanol–water partition coefficient (Wildman–Crippen LogP) is 1.87. The van der Waals surface area contributed by atoms with Crippen molar-refractivity contribution >= 4 is 39.9 Å². The minimum atomic E-state index is -0.458. The van der Waals surface area contributed by atoms with E-state index < -0.39 is 5.92 Å². The normalized spacial score (nSPS) is 16.6. The maximum atomic E-state index is 12.3. The SMILES string of the molecule is Cc1nc(NC(=O)CNC(=O)C2CC(=O)N(c3ccccc3)C2)sc1C. The number of para-hydroxylation sites is 1. The second-order valence-corrected chi connectivity index (χ2v) is 7.37. The Morgan fingerprint density at radius 1 is 1.27 bits per heavy atom. The van der Waals surface area contributed by atoms with Crippen LogP contribution in [0, 0.1) is 19.8 Å². The molecule has 0 spiro atoms. The Morgan fingerprint density at radius 3 is 2.65 bits per heavy atom. The van der Waals surface area contributed by atoms with Crippen molar-refractivity contribution in [3.05, 3.63) is 40.9 Å². The van der Waals surface area contributed by atoms with Crippen LogP contribution in [0.3, 0.4) is 0 Å². The fraction of sp³-hybridized carbons (Fsp3) is 0.333. The van der Waals surface area contributed by atoms with Gasteiger partial charge in [-0.15, -0.1) is 11.3 Å². The minimum absolute atomic E-state index is 0.0884. The molecule has 3 amide bonds. The molecule has 26 heavy (non-hydrogen) atoms. The van der Waals surface area contributed by atoms with Gasteiger partial charge in [0.15, 0.2) is 5.13 Å². The van der Waals surface area contributed by atoms with E-state index in [9.17, 15) is 14.4 Å². The van der Waals surface area contributed by atoms with Crippen molar-refractivity contribution in [1.29, 1.82) is 0 Å². The predicted molar refractivity (Wildman–Crippen MR) is 100 cm³/mol. The first-order valence-corrected chi connectivity index (χ1v) is 9.12. The molecule has 0 radical (unpaired) electrons. The summed E-state index contributed by atoms with van der Waals surface area (Å²) in [7, 11) is 0. The Morgan fingerprint density at radius 2 is 2.00 bits per heavy atom. The highest BCUT2D eigenvalue weighted by atomic mass is 32.1. The largest absolute Gasteiger partial charge is 0.347 e. The van der Waals surface area contributed by atoms with Crippen LogP contribution in [-0.4, -0.2) is 35.8 Å². The third kappa shape index (κ3) is 4.08. The molecule has 1 aromatic heterocycles. The Kier molecular flexibility index (Phi) is 5.32. The third-order valence-corrected chi connectivity index (χ3v) is 5.25. The highest BCUT2D eigenvalue weighted by Crippen LogP contribution is 2.25. The van der Waals surface area contributed by atoms with Gasteiger partial charge in [0.05, 0.1) is 18.2 Å². The van der Waals surface area contributed by atoms with E-state index in [1.54, 1.807) is 4.90 Å². The molecule has 3 rings (SSSR count). The van der Waals surface area contributed by atoms with Gasteiger partial charge in [0.25, 0.3) is 0 Å². The van der Waals surface area contributed by atoms with E-state index in [1.165, 1.54) is 11.3 Å². The molecular formula is C18H20N4O3S. The molecular weight excluding hydrogens is 352 g/mol. The number of nitrogens with zero attached hydrogens (tertiary/aromatic N) is 2. The van der Waals surface area contributed by atoms with Gasteiger partial charge in [-0.2, -0.15) is 0 Å². The van der Waals surface area contributed by atoms with E-state index in [1.807, 2.05) is 44.2 Å². The first-order valence-electron chi connectivity index (χ1n) is 8.31. The van der Waals surface area contributed by atoms with E-state index in [0.29, 0.717) is 11.7 Å². The van der Waals surface area contributed by atoms with Gasteiger partial charge in [-0.1, -0.05) is 18.2 Å². The number of hydrogen-bond donors (Lipinski definition) is 2. The lowest BCUT2D eigenvalue weighted by molar-refractivity contribution is -0.127. The lowest BCUT2D eigenvalue weighted by Crippen LogP contribution is -2.37. The fourth-order valence-electron chi connectivity index (χ4n) is 2.74. The van der Waals surface area contributed by atoms with E-state index >= 15 is 0 Å². The van der Waals surface area contributed by atoms with Crippen LogP contribution in [0.4, 0.5) is 10.8 Å². The van der Waals surface area contributed by atoms with Crippen LogP contribution in [0.1, 0.15) is 17.0 Å². The number of rotatable bonds is 5. The standard InChI is InChI=1S/C18H20N4O3S/c1-11-12(2)26-18(20-11)21-15(23)9-19-17(25)13-8-16(24)22(10-13)14-6-4-3-5-7-14/h3-7,13H,8-10H2,1-2H3,(H,19,25)(H,20,21,23). The smallest absolute Gasteiger partial charge is 0.245 e. The van der Waals surface area contributed by atoms with Crippen molar-refractivity contribution in [3.8, 4) is 0 Å². The first kappa shape index (κ1) is 18.1. The molecule has 7 nitrogen and oxygen atoms in total. The highest BCUT2D eigenvalue weighted by Gasteiger charge is 2.35. The van der Waals surface area contributed by atoms with Gasteiger partial charge in [0, 0.05) is 23.5 Å². The maximum Gasteiger partial charge on any atom is 0.245 e. The van der Waals surface area contributed by atoms with Crippen molar-refractivity contribution in [1.82, 2.24) is 10.3 Å². The number of hydrogen-bond acceptors (Lipinski definition) is 5. The number of aromatic nitrogens is 1. The quantitative estimate of drug-likeness (QED) is 0.838. The van der Waals surface area contributed by atoms with Gasteiger partial charge < -0.3 is 15.5 Å². The number of aryl methyl sites for hydroxylation is 2. The summed E-state index contributed by atoms with van der Waals surface area (Å²) in [6.07, 6.45) is 0.146. The first-order chi connectivity index (χ1) is 12.4. The number of amides is 3. The lowest BCUT2D eigenvalue weighted by atomic mass is 10.1. The van der Waals surface area contributed by atoms with Crippen LogP contribution in [0.25, 0.3) is 0 Å². The summed E-state index contributed by atoms with van der Waals surface area (Å²) < 4.78 is 0. The average molecular weight is 372 g/mol. The molecule has 1 unspecified atom stereocenters. The summed E-state index contributed by atoms with van der Waals surface area (Å²) in [5.41, 5.74) is 1.65. The van der Waals surface area contributed by atoms with Gasteiger partial charge in [0.2, 0.25) is 17.7 Å². The van der Waals surface area contributed by atoms with Crippen LogP contribution < -0.4 is 15.5 Å². The number of thiazole rings is 1. The zero-order chi connectivity index (χ0) is 18.7. The van der Waals surface area contributed by atoms with Crippen LogP contribution in [0.15, 0.2) is 30.3 Å². The van der Waals surface area contributed by atoms with Crippen LogP contribution in [0.5, 0.6) is 0 Å². The van der Waals surface area contributed by atoms with E-state index in [2.05, 4.69) is 15.6 Å². The molecule has 1 aliphatic heterocycles. The molecule has 1 aliphatic rings. The number of anilines is 2. The van der Waals surface area contributed by atoms with Gasteiger partial charge >= 0.3 is 0 Å². The zero-order valence-corrected chi connectivity index (χ0v) is 15.4. The number of carbonyl (C=O) groups is 3. The van der Waals surface area contributed by atoms with Gasteiger partial charge in [-0.05, 0) is 26.0 Å². The van der Waals surface area contributed by atoms with Gasteiger partial charge in [-0.3, -0.25) is 14.4 Å². The molecule has 0 bridgehead atoms. The second-order valence-electron chi connectivity index (χ2n) is 6.17. The summed E-state index contributed by atoms with van der Waals surface area (Å²) >= 11 is 1.39. The molecule has 2 N–H and O–H groups in total. The van der Waals surface area contributed by atoms with E-state index in [-0.39, 0.29) is 30.7 Å². The molecule has 2 heterocycles. The number of nitrogens with one attached hydrogen (secondary N) is 2. The molecule has 1 atom stereocenters. The lowest BCUT2D eigenvalue weighted by Gasteiger charge is -2.16. The molecule has 2 aromatic rings. The summed E-state index contributed by atoms with van der Waals surface area (Å²) in [5.74, 6) is -1.18. The Hall–Kier alpha value is -2.74. The second kappa shape index (κ2) is 7.65. The summed E-state index contributed by atoms with van der Waals surface area (Å²) in [4.78, 5) is 43.3. The Bertz CT molecular complexity index is 815. The Balaban J connectivity index is 1.51. The van der Waals surface area contributed by atoms with Crippen molar-refractivity contribution in [2.24, 2.45) is 5.92 Å². The van der Waals surface area contributed by atoms with Crippen molar-refractivity contribution in [2.45, 2.75) is 20.3 Å². The van der Waals surface area contributed by atoms with Crippen LogP contribution in [-0.2, 0) is 14.4 Å². The van der Waals surface area contributed by atoms with Crippen LogP contribution >= 0.6 is 11.3 Å². The van der Waals surface area contributed by atoms with Crippen molar-refractivity contribution in [3.63, 3.8) is 0 Å². The topological polar surface area (TPSA) is 91.4 Å². The average Bonchev–Trinajstić information content (AvgIpc) is 3.16. The maximum absolute atomic E-state index is 12.3. The summed E-state index contributed by atoms with van der Waals surface area (Å²) in [6.45, 7) is 3.98. The molecule has 0 aliphatic carbocycles. The minimum Gasteiger partial charge on any atom is -0.347 e. The molecule has 1 saturated heterocycles. The Labute approximate surface area is 155 Å². The molecule has 1 fully saturated rings. The molecule has 136 valence electrons. The number of carbonyl (C=O) groups excluding carboxylic acids is 3. The van der Waals surface area contributed by atoms with Gasteiger partial charge in [0.1, 0.15) is 0 Å². The van der Waals surface area contributed by atoms with Gasteiger partial charge in [-0.25, -0.2) is 4.98 Å². The fourth-order valence-corrected chi connectivity index (χ4v) is 3.57. The zero-order valence-electron chi connectivity index (χ0n) is 14.6. The van der Waals surface area contributed by atoms with E-state index in [4.69, 9.17) is 0 Å². The summed E-state index contributed by atoms with van der Waals surface area (Å²) in [6, 6.07) is 9.25. The van der Waals surface area contributed by atoms with Crippen molar-refractivity contribution < 1.29 is 14.4 Å². The monoisotopic (exact) mass is 372 g/mol. The molecule has 8 heteroatoms. The van der Waals surface area contributed by atoms with E-state index in [0.717, 1.165) is 16.3 Å². The van der Waals surface area contributed by atoms with Crippen molar-refractivity contribution in [2.75, 3.05) is 23.3 Å². The third-order valence-electron chi connectivity index (χ3n) is 4.26. The molecule has 1 aromatic carbocycles. The number of benzene rings is 1.